The van der Waals surface area contributed by atoms with Gasteiger partial charge in [0.05, 0.1) is 6.61 Å². The van der Waals surface area contributed by atoms with E-state index < -0.39 is 0 Å². The van der Waals surface area contributed by atoms with Gasteiger partial charge in [0.2, 0.25) is 0 Å². The summed E-state index contributed by atoms with van der Waals surface area (Å²) in [5, 5.41) is 9.60. The maximum absolute atomic E-state index is 5.07. The van der Waals surface area contributed by atoms with Crippen LogP contribution in [-0.2, 0) is 11.3 Å². The fourth-order valence-corrected chi connectivity index (χ4v) is 2.82. The minimum absolute atomic E-state index is 0.723. The monoisotopic (exact) mass is 277 g/mol. The van der Waals surface area contributed by atoms with Crippen molar-refractivity contribution in [1.29, 1.82) is 0 Å². The van der Waals surface area contributed by atoms with Crippen LogP contribution in [0.25, 0.3) is 11.4 Å². The van der Waals surface area contributed by atoms with E-state index >= 15 is 0 Å². The lowest BCUT2D eigenvalue weighted by Crippen LogP contribution is -2.02. The summed E-state index contributed by atoms with van der Waals surface area (Å²) in [5.41, 5.74) is 2.37. The van der Waals surface area contributed by atoms with Crippen molar-refractivity contribution < 1.29 is 4.74 Å². The average Bonchev–Trinajstić information content (AvgIpc) is 2.82. The molecule has 102 valence electrons. The highest BCUT2D eigenvalue weighted by Gasteiger charge is 2.14. The van der Waals surface area contributed by atoms with E-state index in [9.17, 15) is 0 Å². The molecule has 0 atom stereocenters. The van der Waals surface area contributed by atoms with Crippen molar-refractivity contribution in [2.24, 2.45) is 0 Å². The second-order valence-corrected chi connectivity index (χ2v) is 5.27. The molecule has 19 heavy (non-hydrogen) atoms. The molecule has 0 radical (unpaired) electrons. The van der Waals surface area contributed by atoms with Crippen LogP contribution in [0.1, 0.15) is 12.5 Å². The molecule has 4 nitrogen and oxygen atoms in total. The van der Waals surface area contributed by atoms with Crippen LogP contribution in [0.15, 0.2) is 29.4 Å². The fraction of sp³-hybridized carbons (Fsp3) is 0.429. The number of aromatic nitrogens is 3. The zero-order chi connectivity index (χ0) is 13.7. The summed E-state index contributed by atoms with van der Waals surface area (Å²) in [6.07, 6.45) is 0. The maximum Gasteiger partial charge on any atom is 0.191 e. The Morgan fingerprint density at radius 2 is 2.05 bits per heavy atom. The van der Waals surface area contributed by atoms with Crippen molar-refractivity contribution in [1.82, 2.24) is 14.8 Å². The van der Waals surface area contributed by atoms with Crippen LogP contribution in [0.4, 0.5) is 0 Å². The van der Waals surface area contributed by atoms with Gasteiger partial charge in [-0.3, -0.25) is 0 Å². The zero-order valence-corrected chi connectivity index (χ0v) is 12.4. The van der Waals surface area contributed by atoms with E-state index in [4.69, 9.17) is 4.74 Å². The molecule has 0 spiro atoms. The lowest BCUT2D eigenvalue weighted by molar-refractivity contribution is 0.218. The van der Waals surface area contributed by atoms with Gasteiger partial charge in [-0.1, -0.05) is 36.0 Å². The third-order valence-electron chi connectivity index (χ3n) is 2.94. The van der Waals surface area contributed by atoms with Gasteiger partial charge in [0.1, 0.15) is 0 Å². The van der Waals surface area contributed by atoms with Gasteiger partial charge in [-0.05, 0) is 19.4 Å². The quantitative estimate of drug-likeness (QED) is 0.601. The molecule has 0 amide bonds. The van der Waals surface area contributed by atoms with Gasteiger partial charge in [-0.15, -0.1) is 10.2 Å². The molecule has 0 saturated heterocycles. The Bertz CT molecular complexity index is 539. The van der Waals surface area contributed by atoms with Crippen molar-refractivity contribution in [2.75, 3.05) is 19.5 Å². The molecule has 1 aromatic carbocycles. The van der Waals surface area contributed by atoms with Gasteiger partial charge in [-0.25, -0.2) is 0 Å². The lowest BCUT2D eigenvalue weighted by Gasteiger charge is -2.08. The van der Waals surface area contributed by atoms with E-state index in [0.29, 0.717) is 0 Å². The largest absolute Gasteiger partial charge is 0.384 e. The molecule has 5 heteroatoms. The van der Waals surface area contributed by atoms with Crippen LogP contribution in [0.3, 0.4) is 0 Å². The third-order valence-corrected chi connectivity index (χ3v) is 3.87. The fourth-order valence-electron chi connectivity index (χ4n) is 1.92. The number of hydrogen-bond donors (Lipinski definition) is 0. The van der Waals surface area contributed by atoms with Gasteiger partial charge in [0.25, 0.3) is 0 Å². The molecule has 1 aromatic heterocycles. The zero-order valence-electron chi connectivity index (χ0n) is 11.6. The topological polar surface area (TPSA) is 39.9 Å². The molecule has 2 aromatic rings. The Morgan fingerprint density at radius 3 is 2.74 bits per heavy atom. The van der Waals surface area contributed by atoms with Gasteiger partial charge in [0, 0.05) is 25.0 Å². The molecular weight excluding hydrogens is 258 g/mol. The number of rotatable bonds is 6. The summed E-state index contributed by atoms with van der Waals surface area (Å²) in [7, 11) is 1.71. The second-order valence-electron chi connectivity index (χ2n) is 4.21. The molecule has 0 unspecified atom stereocenters. The van der Waals surface area contributed by atoms with Crippen LogP contribution >= 0.6 is 11.8 Å². The minimum Gasteiger partial charge on any atom is -0.384 e. The number of aryl methyl sites for hydroxylation is 1. The molecular formula is C14H19N3OS. The number of ether oxygens (including phenoxy) is 1. The van der Waals surface area contributed by atoms with Gasteiger partial charge < -0.3 is 9.30 Å². The van der Waals surface area contributed by atoms with Crippen molar-refractivity contribution in [3.63, 3.8) is 0 Å². The molecule has 0 aliphatic carbocycles. The lowest BCUT2D eigenvalue weighted by atomic mass is 10.1. The first-order valence-electron chi connectivity index (χ1n) is 6.38. The van der Waals surface area contributed by atoms with E-state index in [1.165, 1.54) is 5.56 Å². The predicted octanol–water partition coefficient (Wildman–Crippen LogP) is 3.01. The molecule has 0 aliphatic heterocycles. The van der Waals surface area contributed by atoms with E-state index in [0.717, 1.165) is 35.4 Å². The molecule has 2 rings (SSSR count). The predicted molar refractivity (Wildman–Crippen MR) is 78.5 cm³/mol. The molecule has 0 fully saturated rings. The Hall–Kier alpha value is -1.33. The van der Waals surface area contributed by atoms with E-state index in [2.05, 4.69) is 40.7 Å². The Balaban J connectivity index is 2.29. The average molecular weight is 277 g/mol. The van der Waals surface area contributed by atoms with Gasteiger partial charge in [-0.2, -0.15) is 0 Å². The van der Waals surface area contributed by atoms with Crippen LogP contribution in [0, 0.1) is 6.92 Å². The number of hydrogen-bond acceptors (Lipinski definition) is 4. The molecule has 0 bridgehead atoms. The third kappa shape index (κ3) is 3.16. The molecule has 0 N–H and O–H groups in total. The van der Waals surface area contributed by atoms with E-state index in [1.54, 1.807) is 18.9 Å². The summed E-state index contributed by atoms with van der Waals surface area (Å²) in [5.74, 6) is 1.84. The standard InChI is InChI=1S/C14H19N3OS/c1-4-17-13(12-8-6-5-7-11(12)2)15-16-14(17)19-10-9-18-3/h5-8H,4,9-10H2,1-3H3. The van der Waals surface area contributed by atoms with Gasteiger partial charge in [0.15, 0.2) is 11.0 Å². The number of thioether (sulfide) groups is 1. The second kappa shape index (κ2) is 6.73. The van der Waals surface area contributed by atoms with Gasteiger partial charge >= 0.3 is 0 Å². The van der Waals surface area contributed by atoms with Crippen molar-refractivity contribution in [2.45, 2.75) is 25.5 Å². The summed E-state index contributed by atoms with van der Waals surface area (Å²) in [6, 6.07) is 8.27. The van der Waals surface area contributed by atoms with Crippen LogP contribution in [0.5, 0.6) is 0 Å². The van der Waals surface area contributed by atoms with Crippen LogP contribution < -0.4 is 0 Å². The van der Waals surface area contributed by atoms with Crippen LogP contribution in [0.2, 0.25) is 0 Å². The Kier molecular flexibility index (Phi) is 4.99. The Labute approximate surface area is 118 Å². The van der Waals surface area contributed by atoms with Crippen molar-refractivity contribution >= 4 is 11.8 Å². The molecule has 1 heterocycles. The summed E-state index contributed by atoms with van der Waals surface area (Å²) in [4.78, 5) is 0. The van der Waals surface area contributed by atoms with Crippen LogP contribution in [-0.4, -0.2) is 34.2 Å². The molecule has 0 aliphatic rings. The number of methoxy groups -OCH3 is 1. The first kappa shape index (κ1) is 14.1. The van der Waals surface area contributed by atoms with Crippen molar-refractivity contribution in [3.8, 4) is 11.4 Å². The Morgan fingerprint density at radius 1 is 1.26 bits per heavy atom. The summed E-state index contributed by atoms with van der Waals surface area (Å²) in [6.45, 7) is 5.81. The summed E-state index contributed by atoms with van der Waals surface area (Å²) < 4.78 is 7.22. The number of nitrogens with zero attached hydrogens (tertiary/aromatic N) is 3. The smallest absolute Gasteiger partial charge is 0.191 e. The molecule has 0 saturated carbocycles. The SMILES string of the molecule is CCn1c(SCCOC)nnc1-c1ccccc1C. The van der Waals surface area contributed by atoms with E-state index in [-0.39, 0.29) is 0 Å². The minimum atomic E-state index is 0.723. The highest BCUT2D eigenvalue weighted by atomic mass is 32.2. The van der Waals surface area contributed by atoms with E-state index in [1.807, 2.05) is 12.1 Å². The normalized spacial score (nSPS) is 10.9. The highest BCUT2D eigenvalue weighted by molar-refractivity contribution is 7.99. The highest BCUT2D eigenvalue weighted by Crippen LogP contribution is 2.25. The maximum atomic E-state index is 5.07. The first-order valence-corrected chi connectivity index (χ1v) is 7.37. The van der Waals surface area contributed by atoms with Crippen molar-refractivity contribution in [3.05, 3.63) is 29.8 Å². The first-order chi connectivity index (χ1) is 9.27. The summed E-state index contributed by atoms with van der Waals surface area (Å²) >= 11 is 1.68. The number of benzene rings is 1.